The van der Waals surface area contributed by atoms with Crippen LogP contribution in [0.5, 0.6) is 5.75 Å². The number of ether oxygens (including phenoxy) is 1. The van der Waals surface area contributed by atoms with Gasteiger partial charge in [0.05, 0.1) is 12.0 Å². The number of benzene rings is 2. The maximum Gasteiger partial charge on any atom is 0.121 e. The van der Waals surface area contributed by atoms with Crippen molar-refractivity contribution in [2.24, 2.45) is 0 Å². The van der Waals surface area contributed by atoms with Gasteiger partial charge in [0.15, 0.2) is 0 Å². The molecule has 0 aliphatic rings. The Morgan fingerprint density at radius 1 is 1.00 bits per heavy atom. The minimum absolute atomic E-state index is 0.578. The molecule has 0 aliphatic carbocycles. The summed E-state index contributed by atoms with van der Waals surface area (Å²) in [5.74, 6) is 0.857. The number of rotatable bonds is 4. The Bertz CT molecular complexity index is 633. The predicted octanol–water partition coefficient (Wildman–Crippen LogP) is 3.45. The molecule has 0 bridgehead atoms. The van der Waals surface area contributed by atoms with Crippen LogP contribution in [0.15, 0.2) is 73.3 Å². The van der Waals surface area contributed by atoms with E-state index >= 15 is 0 Å². The molecule has 19 heavy (non-hydrogen) atoms. The second-order valence-corrected chi connectivity index (χ2v) is 4.24. The quantitative estimate of drug-likeness (QED) is 0.709. The van der Waals surface area contributed by atoms with Crippen LogP contribution in [0.2, 0.25) is 0 Å². The zero-order valence-corrected chi connectivity index (χ0v) is 10.4. The van der Waals surface area contributed by atoms with Gasteiger partial charge in [-0.3, -0.25) is 0 Å². The van der Waals surface area contributed by atoms with Crippen LogP contribution in [-0.4, -0.2) is 9.55 Å². The van der Waals surface area contributed by atoms with Gasteiger partial charge in [0, 0.05) is 18.5 Å². The van der Waals surface area contributed by atoms with Gasteiger partial charge in [0.1, 0.15) is 12.4 Å². The van der Waals surface area contributed by atoms with E-state index in [1.807, 2.05) is 53.2 Å². The predicted molar refractivity (Wildman–Crippen MR) is 74.3 cm³/mol. The first-order chi connectivity index (χ1) is 9.42. The molecule has 0 atom stereocenters. The molecule has 3 aromatic rings. The number of aromatic nitrogens is 2. The summed E-state index contributed by atoms with van der Waals surface area (Å²) in [6, 6.07) is 18.1. The zero-order valence-electron chi connectivity index (χ0n) is 10.4. The minimum Gasteiger partial charge on any atom is -0.489 e. The third-order valence-corrected chi connectivity index (χ3v) is 2.87. The molecule has 0 N–H and O–H groups in total. The standard InChI is InChI=1S/C16H14N2O/c1-2-5-14(6-3-1)12-19-16-8-4-7-15(11-16)18-10-9-17-13-18/h1-11,13H,12H2. The summed E-state index contributed by atoms with van der Waals surface area (Å²) in [6.45, 7) is 0.578. The SMILES string of the molecule is c1ccc(COc2cccc(-n3ccnc3)c2)cc1. The van der Waals surface area contributed by atoms with E-state index in [0.29, 0.717) is 6.61 Å². The van der Waals surface area contributed by atoms with Gasteiger partial charge in [-0.05, 0) is 17.7 Å². The van der Waals surface area contributed by atoms with Gasteiger partial charge in [-0.25, -0.2) is 4.98 Å². The molecule has 0 radical (unpaired) electrons. The van der Waals surface area contributed by atoms with Crippen molar-refractivity contribution in [3.05, 3.63) is 78.9 Å². The van der Waals surface area contributed by atoms with Crippen molar-refractivity contribution in [2.75, 3.05) is 0 Å². The molecule has 3 rings (SSSR count). The van der Waals surface area contributed by atoms with E-state index in [1.165, 1.54) is 0 Å². The van der Waals surface area contributed by atoms with Crippen LogP contribution in [0.3, 0.4) is 0 Å². The smallest absolute Gasteiger partial charge is 0.121 e. The molecule has 3 heteroatoms. The highest BCUT2D eigenvalue weighted by atomic mass is 16.5. The first-order valence-corrected chi connectivity index (χ1v) is 6.17. The minimum atomic E-state index is 0.578. The average Bonchev–Trinajstić information content (AvgIpc) is 3.01. The monoisotopic (exact) mass is 250 g/mol. The lowest BCUT2D eigenvalue weighted by molar-refractivity contribution is 0.306. The van der Waals surface area contributed by atoms with E-state index in [1.54, 1.807) is 12.5 Å². The average molecular weight is 250 g/mol. The lowest BCUT2D eigenvalue weighted by Crippen LogP contribution is -1.96. The van der Waals surface area contributed by atoms with E-state index in [9.17, 15) is 0 Å². The van der Waals surface area contributed by atoms with Crippen molar-refractivity contribution >= 4 is 0 Å². The van der Waals surface area contributed by atoms with E-state index in [0.717, 1.165) is 17.0 Å². The molecule has 0 aliphatic heterocycles. The van der Waals surface area contributed by atoms with Crippen LogP contribution in [0.1, 0.15) is 5.56 Å². The lowest BCUT2D eigenvalue weighted by atomic mass is 10.2. The molecule has 0 spiro atoms. The second kappa shape index (κ2) is 5.40. The van der Waals surface area contributed by atoms with Gasteiger partial charge in [-0.2, -0.15) is 0 Å². The molecule has 1 heterocycles. The van der Waals surface area contributed by atoms with E-state index in [4.69, 9.17) is 4.74 Å². The summed E-state index contributed by atoms with van der Waals surface area (Å²) in [4.78, 5) is 4.04. The number of hydrogen-bond acceptors (Lipinski definition) is 2. The lowest BCUT2D eigenvalue weighted by Gasteiger charge is -2.08. The second-order valence-electron chi connectivity index (χ2n) is 4.24. The van der Waals surface area contributed by atoms with Crippen LogP contribution in [-0.2, 0) is 6.61 Å². The zero-order chi connectivity index (χ0) is 12.9. The number of hydrogen-bond donors (Lipinski definition) is 0. The molecule has 2 aromatic carbocycles. The van der Waals surface area contributed by atoms with Crippen molar-refractivity contribution in [1.82, 2.24) is 9.55 Å². The number of nitrogens with zero attached hydrogens (tertiary/aromatic N) is 2. The van der Waals surface area contributed by atoms with Crippen molar-refractivity contribution < 1.29 is 4.74 Å². The van der Waals surface area contributed by atoms with Crippen LogP contribution >= 0.6 is 0 Å². The molecule has 0 fully saturated rings. The van der Waals surface area contributed by atoms with Gasteiger partial charge in [-0.15, -0.1) is 0 Å². The summed E-state index contributed by atoms with van der Waals surface area (Å²) in [5, 5.41) is 0. The molecule has 3 nitrogen and oxygen atoms in total. The highest BCUT2D eigenvalue weighted by Gasteiger charge is 1.99. The normalized spacial score (nSPS) is 10.3. The summed E-state index contributed by atoms with van der Waals surface area (Å²) < 4.78 is 7.75. The van der Waals surface area contributed by atoms with Crippen molar-refractivity contribution in [1.29, 1.82) is 0 Å². The molecule has 1 aromatic heterocycles. The summed E-state index contributed by atoms with van der Waals surface area (Å²) >= 11 is 0. The molecule has 0 unspecified atom stereocenters. The van der Waals surface area contributed by atoms with Gasteiger partial charge in [0.2, 0.25) is 0 Å². The Morgan fingerprint density at radius 2 is 1.89 bits per heavy atom. The highest BCUT2D eigenvalue weighted by Crippen LogP contribution is 2.17. The summed E-state index contributed by atoms with van der Waals surface area (Å²) in [5.41, 5.74) is 2.21. The Kier molecular flexibility index (Phi) is 3.28. The third kappa shape index (κ3) is 2.83. The van der Waals surface area contributed by atoms with Gasteiger partial charge < -0.3 is 9.30 Å². The maximum atomic E-state index is 5.80. The van der Waals surface area contributed by atoms with Crippen LogP contribution in [0, 0.1) is 0 Å². The Labute approximate surface area is 112 Å². The Balaban J connectivity index is 1.74. The summed E-state index contributed by atoms with van der Waals surface area (Å²) in [6.07, 6.45) is 5.45. The van der Waals surface area contributed by atoms with Gasteiger partial charge in [-0.1, -0.05) is 36.4 Å². The first kappa shape index (κ1) is 11.5. The Morgan fingerprint density at radius 3 is 2.68 bits per heavy atom. The third-order valence-electron chi connectivity index (χ3n) is 2.87. The largest absolute Gasteiger partial charge is 0.489 e. The van der Waals surface area contributed by atoms with Crippen molar-refractivity contribution in [3.8, 4) is 11.4 Å². The van der Waals surface area contributed by atoms with Crippen molar-refractivity contribution in [2.45, 2.75) is 6.61 Å². The van der Waals surface area contributed by atoms with E-state index < -0.39 is 0 Å². The number of imidazole rings is 1. The van der Waals surface area contributed by atoms with Gasteiger partial charge >= 0.3 is 0 Å². The molecular formula is C16H14N2O. The molecular weight excluding hydrogens is 236 g/mol. The Hall–Kier alpha value is -2.55. The van der Waals surface area contributed by atoms with E-state index in [-0.39, 0.29) is 0 Å². The summed E-state index contributed by atoms with van der Waals surface area (Å²) in [7, 11) is 0. The molecule has 0 saturated carbocycles. The molecule has 0 saturated heterocycles. The first-order valence-electron chi connectivity index (χ1n) is 6.17. The van der Waals surface area contributed by atoms with Gasteiger partial charge in [0.25, 0.3) is 0 Å². The molecule has 94 valence electrons. The fraction of sp³-hybridized carbons (Fsp3) is 0.0625. The van der Waals surface area contributed by atoms with Crippen molar-refractivity contribution in [3.63, 3.8) is 0 Å². The maximum absolute atomic E-state index is 5.80. The van der Waals surface area contributed by atoms with Crippen LogP contribution < -0.4 is 4.74 Å². The molecule has 0 amide bonds. The fourth-order valence-corrected chi connectivity index (χ4v) is 1.89. The van der Waals surface area contributed by atoms with Crippen LogP contribution in [0.25, 0.3) is 5.69 Å². The topological polar surface area (TPSA) is 27.1 Å². The fourth-order valence-electron chi connectivity index (χ4n) is 1.89. The highest BCUT2D eigenvalue weighted by molar-refractivity contribution is 5.39. The van der Waals surface area contributed by atoms with E-state index in [2.05, 4.69) is 17.1 Å². The van der Waals surface area contributed by atoms with Crippen LogP contribution in [0.4, 0.5) is 0 Å².